The van der Waals surface area contributed by atoms with Crippen LogP contribution in [0.2, 0.25) is 5.02 Å². The van der Waals surface area contributed by atoms with E-state index in [1.165, 1.54) is 43.2 Å². The lowest BCUT2D eigenvalue weighted by Crippen LogP contribution is -2.47. The minimum atomic E-state index is -1.07. The van der Waals surface area contributed by atoms with Crippen LogP contribution in [-0.2, 0) is 11.2 Å². The summed E-state index contributed by atoms with van der Waals surface area (Å²) in [6.07, 6.45) is 4.84. The van der Waals surface area contributed by atoms with Crippen molar-refractivity contribution in [2.45, 2.75) is 75.3 Å². The fourth-order valence-electron chi connectivity index (χ4n) is 5.68. The van der Waals surface area contributed by atoms with Crippen LogP contribution in [0.1, 0.15) is 72.8 Å². The predicted molar refractivity (Wildman–Crippen MR) is 120 cm³/mol. The van der Waals surface area contributed by atoms with Gasteiger partial charge in [-0.2, -0.15) is 0 Å². The van der Waals surface area contributed by atoms with Gasteiger partial charge in [-0.05, 0) is 71.8 Å². The third kappa shape index (κ3) is 4.17. The SMILES string of the molecule is OC[C@H]1O[C@H](c2ccc(Cl)c(Cc3ccc(C4CC5(CCC5)C4)cc3)c2)C[C@@H](O)[C@@H]1O. The van der Waals surface area contributed by atoms with Crippen molar-refractivity contribution in [3.05, 3.63) is 69.7 Å². The molecule has 5 heteroatoms. The zero-order valence-electron chi connectivity index (χ0n) is 17.7. The monoisotopic (exact) mass is 442 g/mol. The fourth-order valence-corrected chi connectivity index (χ4v) is 5.87. The number of benzene rings is 2. The third-order valence-corrected chi connectivity index (χ3v) is 8.18. The highest BCUT2D eigenvalue weighted by Crippen LogP contribution is 2.61. The van der Waals surface area contributed by atoms with Gasteiger partial charge in [0, 0.05) is 11.4 Å². The molecule has 0 bridgehead atoms. The molecule has 3 aliphatic rings. The van der Waals surface area contributed by atoms with Gasteiger partial charge >= 0.3 is 0 Å². The van der Waals surface area contributed by atoms with E-state index in [9.17, 15) is 15.3 Å². The molecule has 1 saturated heterocycles. The van der Waals surface area contributed by atoms with Gasteiger partial charge in [0.05, 0.1) is 18.8 Å². The summed E-state index contributed by atoms with van der Waals surface area (Å²) >= 11 is 6.49. The lowest BCUT2D eigenvalue weighted by Gasteiger charge is -2.54. The Hall–Kier alpha value is -1.43. The molecule has 0 amide bonds. The zero-order chi connectivity index (χ0) is 21.6. The summed E-state index contributed by atoms with van der Waals surface area (Å²) in [6, 6.07) is 14.7. The minimum absolute atomic E-state index is 0.288. The average Bonchev–Trinajstić information content (AvgIpc) is 2.70. The number of ether oxygens (including phenoxy) is 1. The number of halogens is 1. The molecule has 3 fully saturated rings. The molecule has 2 saturated carbocycles. The Morgan fingerprint density at radius 3 is 2.35 bits per heavy atom. The number of aliphatic hydroxyl groups is 3. The van der Waals surface area contributed by atoms with Crippen LogP contribution in [0.3, 0.4) is 0 Å². The number of hydrogen-bond acceptors (Lipinski definition) is 4. The summed E-state index contributed by atoms with van der Waals surface area (Å²) in [6.45, 7) is -0.330. The van der Waals surface area contributed by atoms with Crippen LogP contribution in [0.25, 0.3) is 0 Å². The average molecular weight is 443 g/mol. The van der Waals surface area contributed by atoms with Crippen molar-refractivity contribution >= 4 is 11.6 Å². The summed E-state index contributed by atoms with van der Waals surface area (Å²) < 4.78 is 5.84. The lowest BCUT2D eigenvalue weighted by atomic mass is 9.51. The van der Waals surface area contributed by atoms with E-state index in [2.05, 4.69) is 24.3 Å². The Morgan fingerprint density at radius 2 is 1.71 bits per heavy atom. The van der Waals surface area contributed by atoms with Crippen LogP contribution in [-0.4, -0.2) is 40.2 Å². The van der Waals surface area contributed by atoms with Crippen LogP contribution in [0.15, 0.2) is 42.5 Å². The molecule has 1 spiro atoms. The van der Waals surface area contributed by atoms with E-state index in [1.807, 2.05) is 18.2 Å². The molecule has 0 unspecified atom stereocenters. The summed E-state index contributed by atoms with van der Waals surface area (Å²) in [5.41, 5.74) is 5.28. The molecule has 2 aromatic rings. The third-order valence-electron chi connectivity index (χ3n) is 7.81. The van der Waals surface area contributed by atoms with Gasteiger partial charge in [0.1, 0.15) is 12.2 Å². The van der Waals surface area contributed by atoms with E-state index < -0.39 is 18.3 Å². The van der Waals surface area contributed by atoms with Gasteiger partial charge in [-0.1, -0.05) is 54.4 Å². The van der Waals surface area contributed by atoms with E-state index in [0.717, 1.165) is 23.5 Å². The highest BCUT2D eigenvalue weighted by molar-refractivity contribution is 6.31. The van der Waals surface area contributed by atoms with Crippen LogP contribution >= 0.6 is 11.6 Å². The van der Waals surface area contributed by atoms with E-state index in [4.69, 9.17) is 16.3 Å². The highest BCUT2D eigenvalue weighted by atomic mass is 35.5. The van der Waals surface area contributed by atoms with E-state index >= 15 is 0 Å². The van der Waals surface area contributed by atoms with E-state index in [1.54, 1.807) is 0 Å². The standard InChI is InChI=1S/C26H31ClO4/c27-21-7-6-18(23-12-22(29)25(30)24(15-28)31-23)11-19(21)10-16-2-4-17(5-3-16)20-13-26(14-20)8-1-9-26/h2-7,11,20,22-25,28-30H,1,8-10,12-15H2/t22-,23+,24-,25+/m1/s1. The second kappa shape index (κ2) is 8.49. The van der Waals surface area contributed by atoms with Crippen LogP contribution in [0.5, 0.6) is 0 Å². The Bertz CT molecular complexity index is 916. The van der Waals surface area contributed by atoms with Crippen LogP contribution in [0, 0.1) is 5.41 Å². The largest absolute Gasteiger partial charge is 0.394 e. The van der Waals surface area contributed by atoms with Gasteiger partial charge in [-0.3, -0.25) is 0 Å². The lowest BCUT2D eigenvalue weighted by molar-refractivity contribution is -0.181. The molecule has 0 radical (unpaired) electrons. The molecule has 1 heterocycles. The molecule has 2 aliphatic carbocycles. The van der Waals surface area contributed by atoms with Crippen molar-refractivity contribution in [3.8, 4) is 0 Å². The number of aliphatic hydroxyl groups excluding tert-OH is 3. The van der Waals surface area contributed by atoms with Crippen molar-refractivity contribution in [3.63, 3.8) is 0 Å². The quantitative estimate of drug-likeness (QED) is 0.636. The van der Waals surface area contributed by atoms with Gasteiger partial charge in [0.2, 0.25) is 0 Å². The molecule has 166 valence electrons. The van der Waals surface area contributed by atoms with E-state index in [-0.39, 0.29) is 19.1 Å². The first kappa shape index (κ1) is 21.4. The zero-order valence-corrected chi connectivity index (χ0v) is 18.5. The second-order valence-electron chi connectivity index (χ2n) is 9.87. The maximum absolute atomic E-state index is 10.2. The highest BCUT2D eigenvalue weighted by Gasteiger charge is 2.48. The topological polar surface area (TPSA) is 69.9 Å². The molecule has 4 nitrogen and oxygen atoms in total. The van der Waals surface area contributed by atoms with Crippen molar-refractivity contribution in [1.29, 1.82) is 0 Å². The Kier molecular flexibility index (Phi) is 5.87. The maximum Gasteiger partial charge on any atom is 0.110 e. The molecular formula is C26H31ClO4. The van der Waals surface area contributed by atoms with Crippen molar-refractivity contribution in [1.82, 2.24) is 0 Å². The summed E-state index contributed by atoms with van der Waals surface area (Å²) in [5, 5.41) is 30.3. The molecule has 0 aromatic heterocycles. The first-order chi connectivity index (χ1) is 15.0. The molecule has 5 rings (SSSR count). The molecule has 2 aromatic carbocycles. The summed E-state index contributed by atoms with van der Waals surface area (Å²) in [7, 11) is 0. The summed E-state index contributed by atoms with van der Waals surface area (Å²) in [4.78, 5) is 0. The van der Waals surface area contributed by atoms with Crippen molar-refractivity contribution < 1.29 is 20.1 Å². The Morgan fingerprint density at radius 1 is 1.00 bits per heavy atom. The molecule has 1 aliphatic heterocycles. The first-order valence-electron chi connectivity index (χ1n) is 11.5. The van der Waals surface area contributed by atoms with Crippen molar-refractivity contribution in [2.75, 3.05) is 6.61 Å². The van der Waals surface area contributed by atoms with Crippen LogP contribution in [0.4, 0.5) is 0 Å². The van der Waals surface area contributed by atoms with Gasteiger partial charge in [0.15, 0.2) is 0 Å². The van der Waals surface area contributed by atoms with Gasteiger partial charge in [0.25, 0.3) is 0 Å². The molecule has 4 atom stereocenters. The molecule has 31 heavy (non-hydrogen) atoms. The predicted octanol–water partition coefficient (Wildman–Crippen LogP) is 4.52. The number of hydrogen-bond donors (Lipinski definition) is 3. The minimum Gasteiger partial charge on any atom is -0.394 e. The Labute approximate surface area is 188 Å². The first-order valence-corrected chi connectivity index (χ1v) is 11.8. The van der Waals surface area contributed by atoms with Gasteiger partial charge in [-0.15, -0.1) is 0 Å². The van der Waals surface area contributed by atoms with E-state index in [0.29, 0.717) is 10.4 Å². The van der Waals surface area contributed by atoms with Crippen molar-refractivity contribution in [2.24, 2.45) is 5.41 Å². The number of rotatable bonds is 5. The Balaban J connectivity index is 1.27. The molecular weight excluding hydrogens is 412 g/mol. The normalized spacial score (nSPS) is 30.1. The maximum atomic E-state index is 10.2. The van der Waals surface area contributed by atoms with Gasteiger partial charge in [-0.25, -0.2) is 0 Å². The molecule has 3 N–H and O–H groups in total. The summed E-state index contributed by atoms with van der Waals surface area (Å²) in [5.74, 6) is 0.728. The van der Waals surface area contributed by atoms with Gasteiger partial charge < -0.3 is 20.1 Å². The van der Waals surface area contributed by atoms with Crippen LogP contribution < -0.4 is 0 Å². The fraction of sp³-hybridized carbons (Fsp3) is 0.538. The second-order valence-corrected chi connectivity index (χ2v) is 10.3. The smallest absolute Gasteiger partial charge is 0.110 e.